The first kappa shape index (κ1) is 14.8. The van der Waals surface area contributed by atoms with Gasteiger partial charge in [0.05, 0.1) is 19.2 Å². The van der Waals surface area contributed by atoms with Crippen LogP contribution in [-0.2, 0) is 4.79 Å². The molecule has 0 aliphatic rings. The predicted octanol–water partition coefficient (Wildman–Crippen LogP) is 0.486. The van der Waals surface area contributed by atoms with Gasteiger partial charge >= 0.3 is 0 Å². The second-order valence-electron chi connectivity index (χ2n) is 3.95. The van der Waals surface area contributed by atoms with E-state index in [1.165, 1.54) is 19.1 Å². The molecule has 0 spiro atoms. The summed E-state index contributed by atoms with van der Waals surface area (Å²) in [6.45, 7) is 2.25. The minimum atomic E-state index is -0.261. The van der Waals surface area contributed by atoms with Gasteiger partial charge in [-0.25, -0.2) is 0 Å². The monoisotopic (exact) mass is 265 g/mol. The quantitative estimate of drug-likeness (QED) is 0.759. The Morgan fingerprint density at radius 3 is 2.63 bits per heavy atom. The van der Waals surface area contributed by atoms with Gasteiger partial charge in [0.2, 0.25) is 5.91 Å². The van der Waals surface area contributed by atoms with E-state index in [2.05, 4.69) is 5.32 Å². The molecule has 1 aromatic rings. The Bertz CT molecular complexity index is 474. The average Bonchev–Trinajstić information content (AvgIpc) is 2.43. The van der Waals surface area contributed by atoms with E-state index in [1.54, 1.807) is 18.2 Å². The number of benzene rings is 1. The van der Waals surface area contributed by atoms with Crippen molar-refractivity contribution in [3.8, 4) is 5.75 Å². The zero-order valence-corrected chi connectivity index (χ0v) is 11.4. The number of hydrogen-bond donors (Lipinski definition) is 2. The fourth-order valence-electron chi connectivity index (χ4n) is 1.63. The highest BCUT2D eigenvalue weighted by molar-refractivity contribution is 5.99. The van der Waals surface area contributed by atoms with Gasteiger partial charge in [-0.1, -0.05) is 0 Å². The number of anilines is 1. The summed E-state index contributed by atoms with van der Waals surface area (Å²) in [5.41, 5.74) is 6.55. The van der Waals surface area contributed by atoms with Crippen LogP contribution in [0.25, 0.3) is 0 Å². The fourth-order valence-corrected chi connectivity index (χ4v) is 1.63. The second-order valence-corrected chi connectivity index (χ2v) is 3.95. The fraction of sp³-hybridized carbons (Fsp3) is 0.385. The molecule has 1 rings (SSSR count). The van der Waals surface area contributed by atoms with Crippen LogP contribution in [0.5, 0.6) is 5.75 Å². The Labute approximate surface area is 112 Å². The molecule has 0 heterocycles. The van der Waals surface area contributed by atoms with Gasteiger partial charge in [0.25, 0.3) is 5.91 Å². The molecule has 6 nitrogen and oxygen atoms in total. The van der Waals surface area contributed by atoms with Gasteiger partial charge in [-0.3, -0.25) is 9.59 Å². The summed E-state index contributed by atoms with van der Waals surface area (Å²) in [5, 5.41) is 2.49. The predicted molar refractivity (Wildman–Crippen MR) is 73.1 cm³/mol. The number of likely N-dealkylation sites (N-methyl/N-ethyl adjacent to an activating group) is 2. The summed E-state index contributed by atoms with van der Waals surface area (Å²) in [4.78, 5) is 25.2. The second kappa shape index (κ2) is 6.63. The number of nitrogen functional groups attached to an aromatic ring is 1. The van der Waals surface area contributed by atoms with E-state index in [9.17, 15) is 9.59 Å². The standard InChI is InChI=1S/C13H19N3O3/c1-4-16(8-12(17)15-2)13(18)10-6-5-9(14)7-11(10)19-3/h5-7H,4,8,14H2,1-3H3,(H,15,17). The number of nitrogens with two attached hydrogens (primary N) is 1. The molecule has 0 saturated carbocycles. The van der Waals surface area contributed by atoms with Crippen molar-refractivity contribution < 1.29 is 14.3 Å². The van der Waals surface area contributed by atoms with Crippen molar-refractivity contribution in [2.24, 2.45) is 0 Å². The van der Waals surface area contributed by atoms with Crippen LogP contribution in [0.4, 0.5) is 5.69 Å². The lowest BCUT2D eigenvalue weighted by Crippen LogP contribution is -2.39. The largest absolute Gasteiger partial charge is 0.496 e. The molecule has 0 bridgehead atoms. The summed E-state index contributed by atoms with van der Waals surface area (Å²) >= 11 is 0. The van der Waals surface area contributed by atoms with Gasteiger partial charge in [-0.05, 0) is 19.1 Å². The Morgan fingerprint density at radius 2 is 2.11 bits per heavy atom. The van der Waals surface area contributed by atoms with Crippen LogP contribution in [0.15, 0.2) is 18.2 Å². The maximum absolute atomic E-state index is 12.3. The van der Waals surface area contributed by atoms with Crippen molar-refractivity contribution in [2.75, 3.05) is 33.0 Å². The lowest BCUT2D eigenvalue weighted by Gasteiger charge is -2.21. The summed E-state index contributed by atoms with van der Waals surface area (Å²) in [5.74, 6) is -0.0760. The first-order chi connectivity index (χ1) is 9.03. The number of carbonyl (C=O) groups excluding carboxylic acids is 2. The van der Waals surface area contributed by atoms with Gasteiger partial charge in [0.1, 0.15) is 5.75 Å². The van der Waals surface area contributed by atoms with Crippen molar-refractivity contribution in [1.29, 1.82) is 0 Å². The van der Waals surface area contributed by atoms with Gasteiger partial charge < -0.3 is 20.7 Å². The van der Waals surface area contributed by atoms with E-state index in [1.807, 2.05) is 6.92 Å². The number of nitrogens with zero attached hydrogens (tertiary/aromatic N) is 1. The summed E-state index contributed by atoms with van der Waals surface area (Å²) in [6, 6.07) is 4.81. The molecule has 1 aromatic carbocycles. The number of hydrogen-bond acceptors (Lipinski definition) is 4. The number of methoxy groups -OCH3 is 1. The lowest BCUT2D eigenvalue weighted by atomic mass is 10.1. The molecule has 0 atom stereocenters. The van der Waals surface area contributed by atoms with E-state index >= 15 is 0 Å². The van der Waals surface area contributed by atoms with E-state index in [0.29, 0.717) is 23.5 Å². The lowest BCUT2D eigenvalue weighted by molar-refractivity contribution is -0.121. The molecule has 19 heavy (non-hydrogen) atoms. The third-order valence-electron chi connectivity index (χ3n) is 2.74. The molecule has 104 valence electrons. The molecule has 3 N–H and O–H groups in total. The Kier molecular flexibility index (Phi) is 5.17. The molecule has 0 radical (unpaired) electrons. The SMILES string of the molecule is CCN(CC(=O)NC)C(=O)c1ccc(N)cc1OC. The molecular formula is C13H19N3O3. The van der Waals surface area contributed by atoms with Gasteiger partial charge in [0, 0.05) is 25.3 Å². The molecular weight excluding hydrogens is 246 g/mol. The number of rotatable bonds is 5. The van der Waals surface area contributed by atoms with Crippen molar-refractivity contribution in [3.63, 3.8) is 0 Å². The first-order valence-electron chi connectivity index (χ1n) is 5.96. The third-order valence-corrected chi connectivity index (χ3v) is 2.74. The molecule has 6 heteroatoms. The topological polar surface area (TPSA) is 84.7 Å². The van der Waals surface area contributed by atoms with Gasteiger partial charge in [0.15, 0.2) is 0 Å². The number of amides is 2. The third kappa shape index (κ3) is 3.61. The van der Waals surface area contributed by atoms with Crippen molar-refractivity contribution in [1.82, 2.24) is 10.2 Å². The highest BCUT2D eigenvalue weighted by Gasteiger charge is 2.20. The number of carbonyl (C=O) groups is 2. The highest BCUT2D eigenvalue weighted by Crippen LogP contribution is 2.22. The normalized spacial score (nSPS) is 9.84. The van der Waals surface area contributed by atoms with Gasteiger partial charge in [-0.2, -0.15) is 0 Å². The molecule has 0 aliphatic heterocycles. The average molecular weight is 265 g/mol. The van der Waals surface area contributed by atoms with E-state index in [-0.39, 0.29) is 18.4 Å². The molecule has 0 aliphatic carbocycles. The van der Waals surface area contributed by atoms with E-state index in [0.717, 1.165) is 0 Å². The summed E-state index contributed by atoms with van der Waals surface area (Å²) in [7, 11) is 3.00. The van der Waals surface area contributed by atoms with Crippen LogP contribution in [-0.4, -0.2) is 44.0 Å². The summed E-state index contributed by atoms with van der Waals surface area (Å²) in [6.07, 6.45) is 0. The Morgan fingerprint density at radius 1 is 1.42 bits per heavy atom. The Balaban J connectivity index is 3.00. The first-order valence-corrected chi connectivity index (χ1v) is 5.96. The van der Waals surface area contributed by atoms with E-state index < -0.39 is 0 Å². The maximum Gasteiger partial charge on any atom is 0.258 e. The summed E-state index contributed by atoms with van der Waals surface area (Å²) < 4.78 is 5.15. The van der Waals surface area contributed by atoms with Crippen LogP contribution >= 0.6 is 0 Å². The van der Waals surface area contributed by atoms with Crippen molar-refractivity contribution in [3.05, 3.63) is 23.8 Å². The minimum Gasteiger partial charge on any atom is -0.496 e. The molecule has 0 unspecified atom stereocenters. The van der Waals surface area contributed by atoms with Crippen molar-refractivity contribution >= 4 is 17.5 Å². The van der Waals surface area contributed by atoms with Crippen molar-refractivity contribution in [2.45, 2.75) is 6.92 Å². The zero-order valence-electron chi connectivity index (χ0n) is 11.4. The van der Waals surface area contributed by atoms with Crippen LogP contribution in [0.2, 0.25) is 0 Å². The molecule has 2 amide bonds. The van der Waals surface area contributed by atoms with Crippen LogP contribution in [0.3, 0.4) is 0 Å². The van der Waals surface area contributed by atoms with Crippen LogP contribution in [0.1, 0.15) is 17.3 Å². The number of ether oxygens (including phenoxy) is 1. The van der Waals surface area contributed by atoms with Crippen LogP contribution < -0.4 is 15.8 Å². The Hall–Kier alpha value is -2.24. The van der Waals surface area contributed by atoms with E-state index in [4.69, 9.17) is 10.5 Å². The zero-order chi connectivity index (χ0) is 14.4. The minimum absolute atomic E-state index is 0.0133. The van der Waals surface area contributed by atoms with Gasteiger partial charge in [-0.15, -0.1) is 0 Å². The number of nitrogens with one attached hydrogen (secondary N) is 1. The molecule has 0 fully saturated rings. The molecule has 0 aromatic heterocycles. The molecule has 0 saturated heterocycles. The van der Waals surface area contributed by atoms with Crippen LogP contribution in [0, 0.1) is 0 Å². The maximum atomic E-state index is 12.3. The highest BCUT2D eigenvalue weighted by atomic mass is 16.5. The smallest absolute Gasteiger partial charge is 0.258 e.